The van der Waals surface area contributed by atoms with Crippen LogP contribution in [0.25, 0.3) is 0 Å². The van der Waals surface area contributed by atoms with Crippen LogP contribution < -0.4 is 5.32 Å². The molecule has 6 heteroatoms. The molecule has 0 heterocycles. The van der Waals surface area contributed by atoms with Gasteiger partial charge in [0.15, 0.2) is 0 Å². The van der Waals surface area contributed by atoms with Crippen molar-refractivity contribution in [2.24, 2.45) is 0 Å². The number of benzene rings is 2. The van der Waals surface area contributed by atoms with E-state index in [-0.39, 0.29) is 16.7 Å². The average Bonchev–Trinajstić information content (AvgIpc) is 2.44. The van der Waals surface area contributed by atoms with Gasteiger partial charge in [0.2, 0.25) is 0 Å². The van der Waals surface area contributed by atoms with E-state index in [9.17, 15) is 18.4 Å². The minimum Gasteiger partial charge on any atom is -0.478 e. The normalized spacial score (nSPS) is 10.2. The molecule has 2 N–H and O–H groups in total. The summed E-state index contributed by atoms with van der Waals surface area (Å²) in [5.74, 6) is -3.38. The van der Waals surface area contributed by atoms with Crippen molar-refractivity contribution in [2.75, 3.05) is 5.32 Å². The standard InChI is InChI=1S/C15H11F2NO3/c1-8-12(16)6-10(7-13(8)17)14(19)18-11-4-2-9(3-5-11)15(20)21/h2-7H,1H3,(H,18,19)(H,20,21). The van der Waals surface area contributed by atoms with E-state index in [0.29, 0.717) is 5.69 Å². The largest absolute Gasteiger partial charge is 0.478 e. The Balaban J connectivity index is 2.20. The van der Waals surface area contributed by atoms with Crippen molar-refractivity contribution in [3.63, 3.8) is 0 Å². The van der Waals surface area contributed by atoms with Crippen LogP contribution in [0, 0.1) is 18.6 Å². The first-order chi connectivity index (χ1) is 9.88. The lowest BCUT2D eigenvalue weighted by molar-refractivity contribution is 0.0696. The van der Waals surface area contributed by atoms with E-state index in [2.05, 4.69) is 5.32 Å². The Bertz CT molecular complexity index is 688. The van der Waals surface area contributed by atoms with E-state index in [1.165, 1.54) is 31.2 Å². The Kier molecular flexibility index (Phi) is 3.98. The third-order valence-electron chi connectivity index (χ3n) is 2.93. The summed E-state index contributed by atoms with van der Waals surface area (Å²) >= 11 is 0. The molecule has 0 saturated heterocycles. The average molecular weight is 291 g/mol. The van der Waals surface area contributed by atoms with Crippen molar-refractivity contribution in [3.05, 3.63) is 64.7 Å². The molecule has 2 aromatic carbocycles. The van der Waals surface area contributed by atoms with E-state index in [1.54, 1.807) is 0 Å². The second-order valence-electron chi connectivity index (χ2n) is 4.40. The van der Waals surface area contributed by atoms with Crippen molar-refractivity contribution in [1.82, 2.24) is 0 Å². The van der Waals surface area contributed by atoms with E-state index >= 15 is 0 Å². The lowest BCUT2D eigenvalue weighted by Gasteiger charge is -2.07. The summed E-state index contributed by atoms with van der Waals surface area (Å²) in [4.78, 5) is 22.6. The van der Waals surface area contributed by atoms with Crippen LogP contribution in [0.4, 0.5) is 14.5 Å². The Morgan fingerprint density at radius 2 is 1.52 bits per heavy atom. The highest BCUT2D eigenvalue weighted by Gasteiger charge is 2.13. The molecule has 0 aliphatic heterocycles. The summed E-state index contributed by atoms with van der Waals surface area (Å²) < 4.78 is 26.8. The molecule has 4 nitrogen and oxygen atoms in total. The van der Waals surface area contributed by atoms with Gasteiger partial charge in [0.25, 0.3) is 5.91 Å². The van der Waals surface area contributed by atoms with Crippen LogP contribution in [-0.2, 0) is 0 Å². The van der Waals surface area contributed by atoms with Gasteiger partial charge in [-0.25, -0.2) is 13.6 Å². The molecule has 0 atom stereocenters. The summed E-state index contributed by atoms with van der Waals surface area (Å²) in [6, 6.07) is 7.30. The smallest absolute Gasteiger partial charge is 0.335 e. The second kappa shape index (κ2) is 5.70. The summed E-state index contributed by atoms with van der Waals surface area (Å²) in [5, 5.41) is 11.2. The number of amides is 1. The van der Waals surface area contributed by atoms with Crippen molar-refractivity contribution >= 4 is 17.6 Å². The zero-order valence-corrected chi connectivity index (χ0v) is 11.0. The molecular weight excluding hydrogens is 280 g/mol. The fourth-order valence-corrected chi connectivity index (χ4v) is 1.68. The fraction of sp³-hybridized carbons (Fsp3) is 0.0667. The van der Waals surface area contributed by atoms with Crippen molar-refractivity contribution < 1.29 is 23.5 Å². The van der Waals surface area contributed by atoms with Gasteiger partial charge in [0, 0.05) is 16.8 Å². The van der Waals surface area contributed by atoms with Crippen molar-refractivity contribution in [3.8, 4) is 0 Å². The number of anilines is 1. The number of halogens is 2. The van der Waals surface area contributed by atoms with E-state index in [0.717, 1.165) is 12.1 Å². The van der Waals surface area contributed by atoms with Gasteiger partial charge >= 0.3 is 5.97 Å². The van der Waals surface area contributed by atoms with Crippen molar-refractivity contribution in [2.45, 2.75) is 6.92 Å². The lowest BCUT2D eigenvalue weighted by Crippen LogP contribution is -2.13. The minimum atomic E-state index is -1.09. The predicted molar refractivity (Wildman–Crippen MR) is 72.4 cm³/mol. The van der Waals surface area contributed by atoms with Gasteiger partial charge in [-0.2, -0.15) is 0 Å². The molecule has 2 aromatic rings. The minimum absolute atomic E-state index is 0.0698. The molecule has 0 aliphatic carbocycles. The maximum absolute atomic E-state index is 13.4. The molecule has 2 rings (SSSR count). The van der Waals surface area contributed by atoms with Gasteiger partial charge in [-0.3, -0.25) is 4.79 Å². The first kappa shape index (κ1) is 14.6. The van der Waals surface area contributed by atoms with Gasteiger partial charge in [0.1, 0.15) is 11.6 Å². The van der Waals surface area contributed by atoms with Gasteiger partial charge in [-0.15, -0.1) is 0 Å². The zero-order valence-electron chi connectivity index (χ0n) is 11.0. The first-order valence-electron chi connectivity index (χ1n) is 5.99. The molecule has 0 radical (unpaired) electrons. The van der Waals surface area contributed by atoms with Gasteiger partial charge in [-0.1, -0.05) is 0 Å². The molecule has 0 aliphatic rings. The van der Waals surface area contributed by atoms with E-state index in [4.69, 9.17) is 5.11 Å². The van der Waals surface area contributed by atoms with Crippen molar-refractivity contribution in [1.29, 1.82) is 0 Å². The first-order valence-corrected chi connectivity index (χ1v) is 5.99. The third kappa shape index (κ3) is 3.22. The maximum Gasteiger partial charge on any atom is 0.335 e. The number of nitrogens with one attached hydrogen (secondary N) is 1. The predicted octanol–water partition coefficient (Wildman–Crippen LogP) is 3.22. The Morgan fingerprint density at radius 1 is 1.00 bits per heavy atom. The Labute approximate surface area is 119 Å². The van der Waals surface area contributed by atoms with Gasteiger partial charge in [-0.05, 0) is 43.3 Å². The number of carbonyl (C=O) groups is 2. The van der Waals surface area contributed by atoms with Crippen LogP contribution in [0.3, 0.4) is 0 Å². The summed E-state index contributed by atoms with van der Waals surface area (Å²) in [5.41, 5.74) is 0.0853. The highest BCUT2D eigenvalue weighted by atomic mass is 19.1. The lowest BCUT2D eigenvalue weighted by atomic mass is 10.1. The Morgan fingerprint density at radius 3 is 2.00 bits per heavy atom. The molecule has 0 bridgehead atoms. The maximum atomic E-state index is 13.4. The molecule has 0 saturated carbocycles. The number of aromatic carboxylic acids is 1. The van der Waals surface area contributed by atoms with Crippen LogP contribution in [0.2, 0.25) is 0 Å². The monoisotopic (exact) mass is 291 g/mol. The highest BCUT2D eigenvalue weighted by Crippen LogP contribution is 2.16. The van der Waals surface area contributed by atoms with E-state index in [1.807, 2.05) is 0 Å². The second-order valence-corrected chi connectivity index (χ2v) is 4.40. The zero-order chi connectivity index (χ0) is 15.6. The molecule has 108 valence electrons. The number of carboxylic acids is 1. The quantitative estimate of drug-likeness (QED) is 0.912. The number of carboxylic acid groups (broad SMARTS) is 1. The highest BCUT2D eigenvalue weighted by molar-refractivity contribution is 6.04. The van der Waals surface area contributed by atoms with Gasteiger partial charge in [0.05, 0.1) is 5.56 Å². The summed E-state index contributed by atoms with van der Waals surface area (Å²) in [6.45, 7) is 1.27. The number of carbonyl (C=O) groups excluding carboxylic acids is 1. The van der Waals surface area contributed by atoms with Gasteiger partial charge < -0.3 is 10.4 Å². The number of hydrogen-bond donors (Lipinski definition) is 2. The molecular formula is C15H11F2NO3. The molecule has 0 unspecified atom stereocenters. The van der Waals surface area contributed by atoms with Crippen LogP contribution in [0.5, 0.6) is 0 Å². The molecule has 21 heavy (non-hydrogen) atoms. The van der Waals surface area contributed by atoms with Crippen LogP contribution in [-0.4, -0.2) is 17.0 Å². The van der Waals surface area contributed by atoms with Crippen LogP contribution in [0.15, 0.2) is 36.4 Å². The van der Waals surface area contributed by atoms with E-state index < -0.39 is 23.5 Å². The van der Waals surface area contributed by atoms with Crippen LogP contribution in [0.1, 0.15) is 26.3 Å². The number of rotatable bonds is 3. The molecule has 0 aromatic heterocycles. The molecule has 0 fully saturated rings. The topological polar surface area (TPSA) is 66.4 Å². The number of hydrogen-bond acceptors (Lipinski definition) is 2. The fourth-order valence-electron chi connectivity index (χ4n) is 1.68. The summed E-state index contributed by atoms with van der Waals surface area (Å²) in [6.07, 6.45) is 0. The Hall–Kier alpha value is -2.76. The molecule has 0 spiro atoms. The third-order valence-corrected chi connectivity index (χ3v) is 2.93. The SMILES string of the molecule is Cc1c(F)cc(C(=O)Nc2ccc(C(=O)O)cc2)cc1F. The summed E-state index contributed by atoms with van der Waals surface area (Å²) in [7, 11) is 0. The molecule has 1 amide bonds. The van der Waals surface area contributed by atoms with Crippen LogP contribution >= 0.6 is 0 Å².